The van der Waals surface area contributed by atoms with E-state index in [-0.39, 0.29) is 6.54 Å². The third-order valence-corrected chi connectivity index (χ3v) is 4.50. The van der Waals surface area contributed by atoms with Crippen molar-refractivity contribution >= 4 is 21.4 Å². The first kappa shape index (κ1) is 12.6. The van der Waals surface area contributed by atoms with E-state index in [1.165, 1.54) is 18.3 Å². The van der Waals surface area contributed by atoms with Crippen LogP contribution >= 0.6 is 11.3 Å². The van der Waals surface area contributed by atoms with Crippen molar-refractivity contribution in [1.29, 1.82) is 0 Å². The first-order chi connectivity index (χ1) is 6.83. The molecule has 0 fully saturated rings. The summed E-state index contributed by atoms with van der Waals surface area (Å²) in [6.45, 7) is 5.21. The maximum atomic E-state index is 11.8. The van der Waals surface area contributed by atoms with E-state index in [1.807, 2.05) is 6.92 Å². The predicted molar refractivity (Wildman–Crippen MR) is 60.7 cm³/mol. The lowest BCUT2D eigenvalue weighted by molar-refractivity contribution is 0.198. The Labute approximate surface area is 94.0 Å². The highest BCUT2D eigenvalue weighted by atomic mass is 32.2. The summed E-state index contributed by atoms with van der Waals surface area (Å²) in [5, 5.41) is 9.01. The van der Waals surface area contributed by atoms with E-state index in [1.54, 1.807) is 13.0 Å². The fourth-order valence-corrected chi connectivity index (χ4v) is 3.86. The van der Waals surface area contributed by atoms with Crippen LogP contribution in [0.2, 0.25) is 0 Å². The molecule has 0 aromatic carbocycles. The zero-order chi connectivity index (χ0) is 11.6. The highest BCUT2D eigenvalue weighted by Crippen LogP contribution is 2.24. The van der Waals surface area contributed by atoms with E-state index in [2.05, 4.69) is 4.72 Å². The van der Waals surface area contributed by atoms with Crippen molar-refractivity contribution in [2.75, 3.05) is 6.54 Å². The maximum Gasteiger partial charge on any atom is 0.241 e. The number of aliphatic hydroxyl groups excluding tert-OH is 1. The molecule has 86 valence electrons. The minimum atomic E-state index is -3.46. The molecule has 1 aromatic heterocycles. The van der Waals surface area contributed by atoms with Crippen LogP contribution in [-0.4, -0.2) is 26.2 Å². The monoisotopic (exact) mass is 249 g/mol. The van der Waals surface area contributed by atoms with Gasteiger partial charge < -0.3 is 5.11 Å². The fourth-order valence-electron chi connectivity index (χ4n) is 1.18. The molecule has 0 amide bonds. The molecule has 2 N–H and O–H groups in total. The third kappa shape index (κ3) is 3.27. The van der Waals surface area contributed by atoms with Crippen molar-refractivity contribution in [2.45, 2.75) is 31.8 Å². The molecule has 4 nitrogen and oxygen atoms in total. The standard InChI is InChI=1S/C9H15NO3S2/c1-6(11)5-10-15(12,13)9-4-7(2)14-8(9)3/h4,6,10-11H,5H2,1-3H3/t6-/m0/s1. The van der Waals surface area contributed by atoms with Gasteiger partial charge in [0, 0.05) is 16.3 Å². The van der Waals surface area contributed by atoms with Crippen molar-refractivity contribution in [1.82, 2.24) is 4.72 Å². The number of nitrogens with one attached hydrogen (secondary N) is 1. The highest BCUT2D eigenvalue weighted by Gasteiger charge is 2.18. The minimum absolute atomic E-state index is 0.0384. The Kier molecular flexibility index (Phi) is 3.88. The Morgan fingerprint density at radius 2 is 2.13 bits per heavy atom. The molecule has 0 radical (unpaired) electrons. The lowest BCUT2D eigenvalue weighted by Gasteiger charge is -2.07. The van der Waals surface area contributed by atoms with Crippen LogP contribution in [0.25, 0.3) is 0 Å². The molecule has 0 aliphatic rings. The van der Waals surface area contributed by atoms with Crippen molar-refractivity contribution in [3.05, 3.63) is 15.8 Å². The quantitative estimate of drug-likeness (QED) is 0.837. The van der Waals surface area contributed by atoms with Crippen LogP contribution in [0.3, 0.4) is 0 Å². The lowest BCUT2D eigenvalue weighted by Crippen LogP contribution is -2.30. The smallest absolute Gasteiger partial charge is 0.241 e. The summed E-state index contributed by atoms with van der Waals surface area (Å²) < 4.78 is 25.9. The molecule has 0 saturated carbocycles. The van der Waals surface area contributed by atoms with Crippen LogP contribution in [0.15, 0.2) is 11.0 Å². The van der Waals surface area contributed by atoms with Gasteiger partial charge in [0.15, 0.2) is 0 Å². The molecule has 1 rings (SSSR count). The molecular formula is C9H15NO3S2. The SMILES string of the molecule is Cc1cc(S(=O)(=O)NC[C@H](C)O)c(C)s1. The van der Waals surface area contributed by atoms with Gasteiger partial charge in [0.05, 0.1) is 11.0 Å². The van der Waals surface area contributed by atoms with Gasteiger partial charge in [0.25, 0.3) is 0 Å². The third-order valence-electron chi connectivity index (χ3n) is 1.85. The van der Waals surface area contributed by atoms with Gasteiger partial charge in [-0.05, 0) is 26.8 Å². The topological polar surface area (TPSA) is 66.4 Å². The predicted octanol–water partition coefficient (Wildman–Crippen LogP) is 1.02. The average molecular weight is 249 g/mol. The Hall–Kier alpha value is -0.430. The molecule has 0 aliphatic heterocycles. The Balaban J connectivity index is 2.91. The lowest BCUT2D eigenvalue weighted by atomic mass is 10.4. The van der Waals surface area contributed by atoms with Gasteiger partial charge in [-0.1, -0.05) is 0 Å². The number of hydrogen-bond acceptors (Lipinski definition) is 4. The number of thiophene rings is 1. The summed E-state index contributed by atoms with van der Waals surface area (Å²) in [4.78, 5) is 2.04. The van der Waals surface area contributed by atoms with Gasteiger partial charge >= 0.3 is 0 Å². The fraction of sp³-hybridized carbons (Fsp3) is 0.556. The summed E-state index contributed by atoms with van der Waals surface area (Å²) in [6.07, 6.45) is -0.681. The van der Waals surface area contributed by atoms with Crippen molar-refractivity contribution < 1.29 is 13.5 Å². The Morgan fingerprint density at radius 3 is 2.53 bits per heavy atom. The number of aryl methyl sites for hydroxylation is 2. The summed E-state index contributed by atoms with van der Waals surface area (Å²) in [6, 6.07) is 1.64. The van der Waals surface area contributed by atoms with E-state index in [0.29, 0.717) is 4.90 Å². The molecule has 1 atom stereocenters. The normalized spacial score (nSPS) is 14.1. The van der Waals surface area contributed by atoms with E-state index in [4.69, 9.17) is 5.11 Å². The van der Waals surface area contributed by atoms with Gasteiger partial charge in [-0.15, -0.1) is 11.3 Å². The molecular weight excluding hydrogens is 234 g/mol. The van der Waals surface area contributed by atoms with Crippen molar-refractivity contribution in [2.24, 2.45) is 0 Å². The van der Waals surface area contributed by atoms with Gasteiger partial charge in [-0.3, -0.25) is 0 Å². The zero-order valence-corrected chi connectivity index (χ0v) is 10.6. The van der Waals surface area contributed by atoms with Crippen LogP contribution in [-0.2, 0) is 10.0 Å². The number of sulfonamides is 1. The number of aliphatic hydroxyl groups is 1. The second kappa shape index (κ2) is 4.61. The summed E-state index contributed by atoms with van der Waals surface area (Å²) in [7, 11) is -3.46. The molecule has 1 heterocycles. The van der Waals surface area contributed by atoms with E-state index in [0.717, 1.165) is 9.75 Å². The molecule has 0 spiro atoms. The van der Waals surface area contributed by atoms with E-state index >= 15 is 0 Å². The van der Waals surface area contributed by atoms with Gasteiger partial charge in [0.2, 0.25) is 10.0 Å². The minimum Gasteiger partial charge on any atom is -0.392 e. The molecule has 15 heavy (non-hydrogen) atoms. The molecule has 6 heteroatoms. The average Bonchev–Trinajstić information content (AvgIpc) is 2.43. The molecule has 1 aromatic rings. The molecule has 0 unspecified atom stereocenters. The van der Waals surface area contributed by atoms with Crippen LogP contribution in [0.4, 0.5) is 0 Å². The van der Waals surface area contributed by atoms with Crippen LogP contribution < -0.4 is 4.72 Å². The summed E-state index contributed by atoms with van der Waals surface area (Å²) >= 11 is 1.45. The maximum absolute atomic E-state index is 11.8. The second-order valence-corrected chi connectivity index (χ2v) is 6.67. The highest BCUT2D eigenvalue weighted by molar-refractivity contribution is 7.89. The molecule has 0 saturated heterocycles. The van der Waals surface area contributed by atoms with Gasteiger partial charge in [-0.25, -0.2) is 13.1 Å². The number of hydrogen-bond donors (Lipinski definition) is 2. The first-order valence-electron chi connectivity index (χ1n) is 4.57. The Bertz CT molecular complexity index is 434. The van der Waals surface area contributed by atoms with Crippen LogP contribution in [0.1, 0.15) is 16.7 Å². The first-order valence-corrected chi connectivity index (χ1v) is 6.87. The van der Waals surface area contributed by atoms with E-state index in [9.17, 15) is 8.42 Å². The van der Waals surface area contributed by atoms with Crippen molar-refractivity contribution in [3.8, 4) is 0 Å². The molecule has 0 aliphatic carbocycles. The van der Waals surface area contributed by atoms with Gasteiger partial charge in [-0.2, -0.15) is 0 Å². The Morgan fingerprint density at radius 1 is 1.53 bits per heavy atom. The number of rotatable bonds is 4. The second-order valence-electron chi connectivity index (χ2n) is 3.48. The van der Waals surface area contributed by atoms with Gasteiger partial charge in [0.1, 0.15) is 0 Å². The van der Waals surface area contributed by atoms with Crippen molar-refractivity contribution in [3.63, 3.8) is 0 Å². The zero-order valence-electron chi connectivity index (χ0n) is 8.94. The summed E-state index contributed by atoms with van der Waals surface area (Å²) in [5.74, 6) is 0. The largest absolute Gasteiger partial charge is 0.392 e. The molecule has 0 bridgehead atoms. The summed E-state index contributed by atoms with van der Waals surface area (Å²) in [5.41, 5.74) is 0. The van der Waals surface area contributed by atoms with Crippen LogP contribution in [0, 0.1) is 13.8 Å². The van der Waals surface area contributed by atoms with Crippen LogP contribution in [0.5, 0.6) is 0 Å². The van der Waals surface area contributed by atoms with E-state index < -0.39 is 16.1 Å².